The molecule has 0 spiro atoms. The molecule has 0 fully saturated rings. The summed E-state index contributed by atoms with van der Waals surface area (Å²) < 4.78 is 36.9. The minimum atomic E-state index is -4.58. The molecule has 0 radical (unpaired) electrons. The van der Waals surface area contributed by atoms with E-state index in [4.69, 9.17) is 0 Å². The lowest BCUT2D eigenvalue weighted by Crippen LogP contribution is -2.23. The zero-order chi connectivity index (χ0) is 11.9. The number of H-pyrrole nitrogens is 2. The highest BCUT2D eigenvalue weighted by Gasteiger charge is 2.31. The van der Waals surface area contributed by atoms with Gasteiger partial charge in [-0.25, -0.2) is 9.78 Å². The molecule has 0 aliphatic carbocycles. The average molecular weight is 231 g/mol. The second-order valence-electron chi connectivity index (χ2n) is 3.03. The van der Waals surface area contributed by atoms with Gasteiger partial charge in [-0.2, -0.15) is 13.2 Å². The van der Waals surface area contributed by atoms with Crippen molar-refractivity contribution in [3.8, 4) is 0 Å². The number of halogens is 3. The van der Waals surface area contributed by atoms with Gasteiger partial charge in [0.05, 0.1) is 10.9 Å². The molecule has 0 saturated heterocycles. The Morgan fingerprint density at radius 1 is 1.19 bits per heavy atom. The Bertz CT molecular complexity index is 656. The third-order valence-electron chi connectivity index (χ3n) is 1.92. The smallest absolute Gasteiger partial charge is 0.291 e. The first-order valence-electron chi connectivity index (χ1n) is 4.07. The number of nitrogens with zero attached hydrogens (tertiary/aromatic N) is 1. The Morgan fingerprint density at radius 3 is 2.50 bits per heavy atom. The van der Waals surface area contributed by atoms with Crippen LogP contribution in [0.5, 0.6) is 0 Å². The molecule has 84 valence electrons. The number of fused-ring (bicyclic) bond motifs is 1. The van der Waals surface area contributed by atoms with Crippen LogP contribution in [-0.2, 0) is 6.18 Å². The van der Waals surface area contributed by atoms with Crippen LogP contribution in [0.2, 0.25) is 0 Å². The van der Waals surface area contributed by atoms with Gasteiger partial charge in [-0.3, -0.25) is 14.8 Å². The highest BCUT2D eigenvalue weighted by Crippen LogP contribution is 2.29. The lowest BCUT2D eigenvalue weighted by molar-refractivity contribution is -0.137. The molecule has 2 aromatic rings. The summed E-state index contributed by atoms with van der Waals surface area (Å²) in [4.78, 5) is 29.3. The van der Waals surface area contributed by atoms with Crippen LogP contribution < -0.4 is 11.2 Å². The van der Waals surface area contributed by atoms with Gasteiger partial charge in [0.1, 0.15) is 5.65 Å². The maximum absolute atomic E-state index is 12.3. The van der Waals surface area contributed by atoms with Crippen molar-refractivity contribution in [2.24, 2.45) is 0 Å². The molecule has 0 aliphatic heterocycles. The van der Waals surface area contributed by atoms with Crippen molar-refractivity contribution >= 4 is 11.0 Å². The molecular weight excluding hydrogens is 227 g/mol. The monoisotopic (exact) mass is 231 g/mol. The van der Waals surface area contributed by atoms with Gasteiger partial charge < -0.3 is 0 Å². The Kier molecular flexibility index (Phi) is 2.07. The van der Waals surface area contributed by atoms with Crippen molar-refractivity contribution in [1.29, 1.82) is 0 Å². The van der Waals surface area contributed by atoms with Gasteiger partial charge in [-0.15, -0.1) is 0 Å². The van der Waals surface area contributed by atoms with Crippen LogP contribution in [0.3, 0.4) is 0 Å². The summed E-state index contributed by atoms with van der Waals surface area (Å²) in [6.07, 6.45) is -4.03. The number of rotatable bonds is 0. The first-order valence-corrected chi connectivity index (χ1v) is 4.07. The topological polar surface area (TPSA) is 78.6 Å². The predicted molar refractivity (Wildman–Crippen MR) is 48.0 cm³/mol. The second-order valence-corrected chi connectivity index (χ2v) is 3.03. The summed E-state index contributed by atoms with van der Waals surface area (Å²) in [5, 5.41) is -0.311. The molecule has 2 heterocycles. The maximum Gasteiger partial charge on any atom is 0.417 e. The highest BCUT2D eigenvalue weighted by molar-refractivity contribution is 5.73. The Hall–Kier alpha value is -2.12. The van der Waals surface area contributed by atoms with Gasteiger partial charge in [-0.1, -0.05) is 0 Å². The third kappa shape index (κ3) is 1.69. The third-order valence-corrected chi connectivity index (χ3v) is 1.92. The van der Waals surface area contributed by atoms with E-state index >= 15 is 0 Å². The first kappa shape index (κ1) is 10.4. The average Bonchev–Trinajstić information content (AvgIpc) is 2.15. The lowest BCUT2D eigenvalue weighted by atomic mass is 10.2. The Labute approximate surface area is 85.0 Å². The fourth-order valence-electron chi connectivity index (χ4n) is 1.20. The van der Waals surface area contributed by atoms with E-state index in [-0.39, 0.29) is 11.0 Å². The quantitative estimate of drug-likeness (QED) is 0.697. The number of aromatic nitrogens is 3. The standard InChI is InChI=1S/C8H4F3N3O2/c9-8(10,11)3-1-4-5(12-2-3)13-7(16)14-6(4)15/h1-2H,(H2,12,13,14,15,16). The van der Waals surface area contributed by atoms with Crippen molar-refractivity contribution in [3.63, 3.8) is 0 Å². The van der Waals surface area contributed by atoms with Gasteiger partial charge in [0.25, 0.3) is 5.56 Å². The zero-order valence-electron chi connectivity index (χ0n) is 7.55. The van der Waals surface area contributed by atoms with Crippen LogP contribution in [0.1, 0.15) is 5.56 Å². The van der Waals surface area contributed by atoms with Gasteiger partial charge in [-0.05, 0) is 6.07 Å². The van der Waals surface area contributed by atoms with Crippen LogP contribution in [0.15, 0.2) is 21.9 Å². The van der Waals surface area contributed by atoms with Crippen LogP contribution in [0, 0.1) is 0 Å². The predicted octanol–water partition coefficient (Wildman–Crippen LogP) is 0.630. The summed E-state index contributed by atoms with van der Waals surface area (Å²) in [5.74, 6) is 0. The van der Waals surface area contributed by atoms with E-state index in [1.54, 1.807) is 0 Å². The molecule has 8 heteroatoms. The molecule has 5 nitrogen and oxygen atoms in total. The first-order chi connectivity index (χ1) is 7.38. The summed E-state index contributed by atoms with van der Waals surface area (Å²) in [5.41, 5.74) is -2.94. The SMILES string of the molecule is O=c1[nH]c(=O)c2cc(C(F)(F)F)cnc2[nH]1. The van der Waals surface area contributed by atoms with Gasteiger partial charge in [0.2, 0.25) is 0 Å². The van der Waals surface area contributed by atoms with E-state index in [2.05, 4.69) is 9.97 Å². The van der Waals surface area contributed by atoms with E-state index in [1.807, 2.05) is 4.98 Å². The normalized spacial score (nSPS) is 11.9. The Morgan fingerprint density at radius 2 is 1.88 bits per heavy atom. The largest absolute Gasteiger partial charge is 0.417 e. The van der Waals surface area contributed by atoms with Gasteiger partial charge >= 0.3 is 11.9 Å². The van der Waals surface area contributed by atoms with Crippen LogP contribution >= 0.6 is 0 Å². The minimum Gasteiger partial charge on any atom is -0.291 e. The van der Waals surface area contributed by atoms with E-state index in [1.165, 1.54) is 0 Å². The van der Waals surface area contributed by atoms with Crippen molar-refractivity contribution in [1.82, 2.24) is 15.0 Å². The van der Waals surface area contributed by atoms with Crippen molar-refractivity contribution in [3.05, 3.63) is 38.7 Å². The zero-order valence-corrected chi connectivity index (χ0v) is 7.55. The maximum atomic E-state index is 12.3. The van der Waals surface area contributed by atoms with Crippen molar-refractivity contribution in [2.75, 3.05) is 0 Å². The molecule has 0 aromatic carbocycles. The molecule has 0 amide bonds. The summed E-state index contributed by atoms with van der Waals surface area (Å²) in [7, 11) is 0. The summed E-state index contributed by atoms with van der Waals surface area (Å²) in [6, 6.07) is 0.636. The number of nitrogens with one attached hydrogen (secondary N) is 2. The molecule has 16 heavy (non-hydrogen) atoms. The molecule has 0 atom stereocenters. The molecule has 0 aliphatic rings. The van der Waals surface area contributed by atoms with Crippen LogP contribution in [-0.4, -0.2) is 15.0 Å². The molecule has 2 rings (SSSR count). The van der Waals surface area contributed by atoms with E-state index < -0.39 is 23.0 Å². The molecule has 2 N–H and O–H groups in total. The van der Waals surface area contributed by atoms with E-state index in [0.29, 0.717) is 12.3 Å². The van der Waals surface area contributed by atoms with Gasteiger partial charge in [0, 0.05) is 6.20 Å². The van der Waals surface area contributed by atoms with Crippen molar-refractivity contribution in [2.45, 2.75) is 6.18 Å². The number of hydrogen-bond acceptors (Lipinski definition) is 3. The number of hydrogen-bond donors (Lipinski definition) is 2. The number of pyridine rings is 1. The van der Waals surface area contributed by atoms with Crippen LogP contribution in [0.25, 0.3) is 11.0 Å². The fraction of sp³-hybridized carbons (Fsp3) is 0.125. The molecule has 0 bridgehead atoms. The fourth-order valence-corrected chi connectivity index (χ4v) is 1.20. The molecule has 2 aromatic heterocycles. The van der Waals surface area contributed by atoms with Gasteiger partial charge in [0.15, 0.2) is 0 Å². The van der Waals surface area contributed by atoms with E-state index in [9.17, 15) is 22.8 Å². The van der Waals surface area contributed by atoms with E-state index in [0.717, 1.165) is 0 Å². The number of aromatic amines is 2. The summed E-state index contributed by atoms with van der Waals surface area (Å²) >= 11 is 0. The highest BCUT2D eigenvalue weighted by atomic mass is 19.4. The molecular formula is C8H4F3N3O2. The van der Waals surface area contributed by atoms with Crippen LogP contribution in [0.4, 0.5) is 13.2 Å². The Balaban J connectivity index is 2.82. The molecule has 0 saturated carbocycles. The molecule has 0 unspecified atom stereocenters. The second kappa shape index (κ2) is 3.19. The van der Waals surface area contributed by atoms with Crippen molar-refractivity contribution < 1.29 is 13.2 Å². The lowest BCUT2D eigenvalue weighted by Gasteiger charge is -2.05. The number of alkyl halides is 3. The minimum absolute atomic E-state index is 0.179. The summed E-state index contributed by atoms with van der Waals surface area (Å²) in [6.45, 7) is 0.